The van der Waals surface area contributed by atoms with Crippen LogP contribution in [0.1, 0.15) is 25.0 Å². The molecule has 0 aliphatic heterocycles. The maximum Gasteiger partial charge on any atom is 0.0543 e. The summed E-state index contributed by atoms with van der Waals surface area (Å²) < 4.78 is 0. The Labute approximate surface area is 327 Å². The molecular weight excluding hydrogens is 675 g/mol. The Morgan fingerprint density at radius 3 is 1.68 bits per heavy atom. The van der Waals surface area contributed by atoms with Crippen molar-refractivity contribution in [3.8, 4) is 33.4 Å². The van der Waals surface area contributed by atoms with Gasteiger partial charge in [0.15, 0.2) is 0 Å². The molecule has 264 valence electrons. The highest BCUT2D eigenvalue weighted by Gasteiger charge is 2.37. The van der Waals surface area contributed by atoms with Crippen molar-refractivity contribution < 1.29 is 0 Å². The van der Waals surface area contributed by atoms with E-state index in [2.05, 4.69) is 219 Å². The molecule has 10 aromatic carbocycles. The van der Waals surface area contributed by atoms with Gasteiger partial charge in [-0.2, -0.15) is 0 Å². The molecule has 0 amide bonds. The lowest BCUT2D eigenvalue weighted by Crippen LogP contribution is -2.16. The zero-order valence-electron chi connectivity index (χ0n) is 31.5. The lowest BCUT2D eigenvalue weighted by atomic mass is 9.82. The fourth-order valence-electron chi connectivity index (χ4n) is 9.43. The molecule has 0 fully saturated rings. The summed E-state index contributed by atoms with van der Waals surface area (Å²) in [6.07, 6.45) is 0. The SMILES string of the molecule is CC1(C)c2ccccc2-c2c(N(c3ccc(-c4ccc5c(ccc6ccc7ccccc7c65)c4)cc3)c3ccc(-c4cccc5ccccc45)cc3)cccc21. The first-order valence-electron chi connectivity index (χ1n) is 19.6. The number of fused-ring (bicyclic) bond motifs is 9. The first-order valence-corrected chi connectivity index (χ1v) is 19.6. The van der Waals surface area contributed by atoms with Gasteiger partial charge in [0.25, 0.3) is 0 Å². The summed E-state index contributed by atoms with van der Waals surface area (Å²) in [7, 11) is 0. The zero-order chi connectivity index (χ0) is 37.4. The normalized spacial score (nSPS) is 13.0. The molecule has 0 heterocycles. The average Bonchev–Trinajstić information content (AvgIpc) is 3.50. The van der Waals surface area contributed by atoms with Gasteiger partial charge in [-0.1, -0.05) is 178 Å². The Kier molecular flexibility index (Phi) is 7.28. The van der Waals surface area contributed by atoms with Crippen LogP contribution in [0.5, 0.6) is 0 Å². The number of rotatable bonds is 5. The van der Waals surface area contributed by atoms with Gasteiger partial charge in [0, 0.05) is 22.4 Å². The van der Waals surface area contributed by atoms with E-state index in [0.717, 1.165) is 11.4 Å². The molecule has 1 aliphatic carbocycles. The second kappa shape index (κ2) is 12.5. The summed E-state index contributed by atoms with van der Waals surface area (Å²) in [5, 5.41) is 10.2. The molecule has 1 heteroatoms. The predicted molar refractivity (Wildman–Crippen MR) is 240 cm³/mol. The molecule has 1 nitrogen and oxygen atoms in total. The van der Waals surface area contributed by atoms with Gasteiger partial charge in [-0.15, -0.1) is 0 Å². The van der Waals surface area contributed by atoms with E-state index in [1.165, 1.54) is 93.3 Å². The molecule has 0 atom stereocenters. The van der Waals surface area contributed by atoms with Crippen LogP contribution in [0.4, 0.5) is 17.1 Å². The van der Waals surface area contributed by atoms with E-state index in [1.807, 2.05) is 0 Å². The Hall–Kier alpha value is -6.96. The van der Waals surface area contributed by atoms with Crippen molar-refractivity contribution in [2.45, 2.75) is 19.3 Å². The van der Waals surface area contributed by atoms with Crippen LogP contribution in [0.2, 0.25) is 0 Å². The van der Waals surface area contributed by atoms with Gasteiger partial charge >= 0.3 is 0 Å². The van der Waals surface area contributed by atoms with E-state index in [4.69, 9.17) is 0 Å². The number of benzene rings is 10. The molecule has 11 rings (SSSR count). The summed E-state index contributed by atoms with van der Waals surface area (Å²) in [5.74, 6) is 0. The van der Waals surface area contributed by atoms with Crippen molar-refractivity contribution in [2.75, 3.05) is 4.90 Å². The Morgan fingerprint density at radius 2 is 0.893 bits per heavy atom. The molecule has 0 spiro atoms. The smallest absolute Gasteiger partial charge is 0.0543 e. The van der Waals surface area contributed by atoms with E-state index in [0.29, 0.717) is 0 Å². The topological polar surface area (TPSA) is 3.24 Å². The number of hydrogen-bond donors (Lipinski definition) is 0. The maximum absolute atomic E-state index is 2.45. The van der Waals surface area contributed by atoms with Gasteiger partial charge in [-0.3, -0.25) is 0 Å². The zero-order valence-corrected chi connectivity index (χ0v) is 31.5. The van der Waals surface area contributed by atoms with Crippen molar-refractivity contribution in [1.82, 2.24) is 0 Å². The van der Waals surface area contributed by atoms with Crippen LogP contribution >= 0.6 is 0 Å². The van der Waals surface area contributed by atoms with Crippen molar-refractivity contribution in [3.63, 3.8) is 0 Å². The molecular formula is C55H39N. The van der Waals surface area contributed by atoms with Gasteiger partial charge in [-0.25, -0.2) is 0 Å². The first kappa shape index (κ1) is 32.5. The Morgan fingerprint density at radius 1 is 0.357 bits per heavy atom. The molecule has 10 aromatic rings. The number of anilines is 3. The third-order valence-electron chi connectivity index (χ3n) is 12.2. The third kappa shape index (κ3) is 5.01. The average molecular weight is 714 g/mol. The van der Waals surface area contributed by atoms with Crippen LogP contribution < -0.4 is 4.90 Å². The van der Waals surface area contributed by atoms with E-state index >= 15 is 0 Å². The maximum atomic E-state index is 2.45. The van der Waals surface area contributed by atoms with Crippen molar-refractivity contribution in [2.24, 2.45) is 0 Å². The van der Waals surface area contributed by atoms with Gasteiger partial charge < -0.3 is 4.90 Å². The summed E-state index contributed by atoms with van der Waals surface area (Å²) in [4.78, 5) is 2.45. The standard InChI is InChI=1S/C55H39N/c1-55(2)50-18-8-7-16-49(50)54-51(55)19-10-20-52(54)56(44-32-27-39(28-33-44)46-17-9-13-37-11-3-5-14-45(37)46)43-30-25-36(26-31-43)41-29-34-48-42(35-41)24-23-40-22-21-38-12-4-6-15-47(38)53(40)48/h3-35H,1-2H3. The molecule has 56 heavy (non-hydrogen) atoms. The lowest BCUT2D eigenvalue weighted by molar-refractivity contribution is 0.660. The van der Waals surface area contributed by atoms with Crippen LogP contribution in [0.25, 0.3) is 76.5 Å². The quantitative estimate of drug-likeness (QED) is 0.161. The van der Waals surface area contributed by atoms with Crippen LogP contribution in [0.15, 0.2) is 200 Å². The Balaban J connectivity index is 1.04. The highest BCUT2D eigenvalue weighted by atomic mass is 15.1. The lowest BCUT2D eigenvalue weighted by Gasteiger charge is -2.29. The van der Waals surface area contributed by atoms with Crippen LogP contribution in [0.3, 0.4) is 0 Å². The summed E-state index contributed by atoms with van der Waals surface area (Å²) >= 11 is 0. The van der Waals surface area contributed by atoms with Gasteiger partial charge in [-0.05, 0) is 118 Å². The van der Waals surface area contributed by atoms with Gasteiger partial charge in [0.2, 0.25) is 0 Å². The van der Waals surface area contributed by atoms with Crippen LogP contribution in [-0.4, -0.2) is 0 Å². The van der Waals surface area contributed by atoms with Crippen LogP contribution in [-0.2, 0) is 5.41 Å². The van der Waals surface area contributed by atoms with Crippen molar-refractivity contribution in [3.05, 3.63) is 211 Å². The number of nitrogens with zero attached hydrogens (tertiary/aromatic N) is 1. The van der Waals surface area contributed by atoms with E-state index < -0.39 is 0 Å². The minimum Gasteiger partial charge on any atom is -0.310 e. The molecule has 0 aromatic heterocycles. The first-order chi connectivity index (χ1) is 27.5. The fourth-order valence-corrected chi connectivity index (χ4v) is 9.43. The highest BCUT2D eigenvalue weighted by Crippen LogP contribution is 2.54. The highest BCUT2D eigenvalue weighted by molar-refractivity contribution is 6.20. The van der Waals surface area contributed by atoms with E-state index in [9.17, 15) is 0 Å². The van der Waals surface area contributed by atoms with Gasteiger partial charge in [0.1, 0.15) is 0 Å². The molecule has 0 saturated heterocycles. The second-order valence-electron chi connectivity index (χ2n) is 15.7. The van der Waals surface area contributed by atoms with Crippen molar-refractivity contribution in [1.29, 1.82) is 0 Å². The minimum atomic E-state index is -0.0939. The van der Waals surface area contributed by atoms with Crippen LogP contribution in [0, 0.1) is 0 Å². The van der Waals surface area contributed by atoms with E-state index in [-0.39, 0.29) is 5.41 Å². The second-order valence-corrected chi connectivity index (χ2v) is 15.7. The molecule has 0 bridgehead atoms. The van der Waals surface area contributed by atoms with Crippen molar-refractivity contribution >= 4 is 60.2 Å². The molecule has 0 unspecified atom stereocenters. The van der Waals surface area contributed by atoms with E-state index in [1.54, 1.807) is 0 Å². The summed E-state index contributed by atoms with van der Waals surface area (Å²) in [6.45, 7) is 4.71. The third-order valence-corrected chi connectivity index (χ3v) is 12.2. The molecule has 0 N–H and O–H groups in total. The Bertz CT molecular complexity index is 3150. The summed E-state index contributed by atoms with van der Waals surface area (Å²) in [6, 6.07) is 73.9. The largest absolute Gasteiger partial charge is 0.310 e. The molecule has 0 radical (unpaired) electrons. The van der Waals surface area contributed by atoms with Gasteiger partial charge in [0.05, 0.1) is 5.69 Å². The minimum absolute atomic E-state index is 0.0939. The monoisotopic (exact) mass is 713 g/mol. The molecule has 1 aliphatic rings. The summed E-state index contributed by atoms with van der Waals surface area (Å²) in [5.41, 5.74) is 13.6. The number of hydrogen-bond acceptors (Lipinski definition) is 1. The molecule has 0 saturated carbocycles. The predicted octanol–water partition coefficient (Wildman–Crippen LogP) is 15.4. The fraction of sp³-hybridized carbons (Fsp3) is 0.0545.